The van der Waals surface area contributed by atoms with Crippen LogP contribution in [0.15, 0.2) is 115 Å². The molecule has 0 N–H and O–H groups in total. The number of nitrogens with zero attached hydrogens (tertiary/aromatic N) is 4. The molecular formula is C37H36N4. The van der Waals surface area contributed by atoms with Crippen molar-refractivity contribution in [2.24, 2.45) is 5.92 Å². The lowest BCUT2D eigenvalue weighted by Gasteiger charge is -2.39. The standard InChI is InChI=1S/C37H36N4/c1-3-26-24-25-33-40(29-20-12-7-13-21-29)36-37(41(33)32-23-15-14-22-31(32)30(26)4-2)39-35(28-18-10-6-11-19-28)34(38-36)27-16-8-5-9-17-27/h5-23,26,30,33H,3-4,24-25H2,1-2H3. The number of hydrogen-bond donors (Lipinski definition) is 0. The minimum Gasteiger partial charge on any atom is -0.302 e. The van der Waals surface area contributed by atoms with E-state index < -0.39 is 0 Å². The second kappa shape index (κ2) is 10.9. The number of hydrogen-bond acceptors (Lipinski definition) is 4. The van der Waals surface area contributed by atoms with Crippen LogP contribution in [-0.4, -0.2) is 16.1 Å². The first-order chi connectivity index (χ1) is 20.3. The fourth-order valence-electron chi connectivity index (χ4n) is 7.03. The highest BCUT2D eigenvalue weighted by atomic mass is 15.5. The van der Waals surface area contributed by atoms with Crippen molar-refractivity contribution in [3.8, 4) is 22.5 Å². The molecule has 4 aromatic carbocycles. The number of rotatable bonds is 5. The van der Waals surface area contributed by atoms with E-state index in [1.807, 2.05) is 0 Å². The van der Waals surface area contributed by atoms with Gasteiger partial charge in [0, 0.05) is 22.5 Å². The van der Waals surface area contributed by atoms with Gasteiger partial charge in [0.1, 0.15) is 6.17 Å². The third-order valence-corrected chi connectivity index (χ3v) is 8.97. The Bertz CT molecular complexity index is 1630. The largest absolute Gasteiger partial charge is 0.302 e. The number of aromatic nitrogens is 2. The van der Waals surface area contributed by atoms with Gasteiger partial charge in [-0.1, -0.05) is 117 Å². The first kappa shape index (κ1) is 25.5. The molecule has 4 nitrogen and oxygen atoms in total. The summed E-state index contributed by atoms with van der Waals surface area (Å²) in [6, 6.07) is 40.8. The Kier molecular flexibility index (Phi) is 6.76. The molecule has 1 aromatic heterocycles. The molecule has 2 aliphatic rings. The monoisotopic (exact) mass is 536 g/mol. The molecular weight excluding hydrogens is 500 g/mol. The van der Waals surface area contributed by atoms with E-state index in [-0.39, 0.29) is 6.17 Å². The lowest BCUT2D eigenvalue weighted by Crippen LogP contribution is -2.41. The zero-order chi connectivity index (χ0) is 27.8. The fourth-order valence-corrected chi connectivity index (χ4v) is 7.03. The van der Waals surface area contributed by atoms with Crippen molar-refractivity contribution in [3.05, 3.63) is 121 Å². The van der Waals surface area contributed by atoms with Gasteiger partial charge >= 0.3 is 0 Å². The van der Waals surface area contributed by atoms with Crippen molar-refractivity contribution in [1.29, 1.82) is 0 Å². The van der Waals surface area contributed by atoms with Crippen molar-refractivity contribution >= 4 is 23.0 Å². The number of para-hydroxylation sites is 2. The average Bonchev–Trinajstić information content (AvgIpc) is 3.35. The number of anilines is 4. The molecule has 3 atom stereocenters. The molecule has 0 radical (unpaired) electrons. The van der Waals surface area contributed by atoms with Crippen LogP contribution in [0.2, 0.25) is 0 Å². The molecule has 7 rings (SSSR count). The summed E-state index contributed by atoms with van der Waals surface area (Å²) in [6.45, 7) is 4.70. The van der Waals surface area contributed by atoms with E-state index in [9.17, 15) is 0 Å². The zero-order valence-electron chi connectivity index (χ0n) is 23.8. The molecule has 0 saturated carbocycles. The lowest BCUT2D eigenvalue weighted by molar-refractivity contribution is 0.346. The Morgan fingerprint density at radius 3 is 1.71 bits per heavy atom. The topological polar surface area (TPSA) is 32.3 Å². The van der Waals surface area contributed by atoms with Crippen molar-refractivity contribution in [2.75, 3.05) is 9.80 Å². The molecule has 0 spiro atoms. The van der Waals surface area contributed by atoms with Gasteiger partial charge in [0.25, 0.3) is 0 Å². The number of fused-ring (bicyclic) bond motifs is 5. The summed E-state index contributed by atoms with van der Waals surface area (Å²) in [4.78, 5) is 16.0. The molecule has 4 heteroatoms. The van der Waals surface area contributed by atoms with Gasteiger partial charge in [0.05, 0.1) is 11.4 Å². The summed E-state index contributed by atoms with van der Waals surface area (Å²) in [5.74, 6) is 3.04. The quantitative estimate of drug-likeness (QED) is 0.224. The van der Waals surface area contributed by atoms with Gasteiger partial charge in [0.15, 0.2) is 11.6 Å². The maximum Gasteiger partial charge on any atom is 0.179 e. The van der Waals surface area contributed by atoms with Gasteiger partial charge < -0.3 is 9.80 Å². The lowest BCUT2D eigenvalue weighted by atomic mass is 9.77. The number of benzene rings is 4. The first-order valence-electron chi connectivity index (χ1n) is 15.0. The van der Waals surface area contributed by atoms with Crippen molar-refractivity contribution in [1.82, 2.24) is 9.97 Å². The summed E-state index contributed by atoms with van der Waals surface area (Å²) in [7, 11) is 0. The molecule has 0 fully saturated rings. The van der Waals surface area contributed by atoms with E-state index in [4.69, 9.17) is 9.97 Å². The van der Waals surface area contributed by atoms with Gasteiger partial charge in [-0.3, -0.25) is 0 Å². The van der Waals surface area contributed by atoms with Gasteiger partial charge in [-0.2, -0.15) is 0 Å². The van der Waals surface area contributed by atoms with Gasteiger partial charge in [0.2, 0.25) is 0 Å². The minimum absolute atomic E-state index is 0.0926. The van der Waals surface area contributed by atoms with Crippen LogP contribution in [0.25, 0.3) is 22.5 Å². The summed E-state index contributed by atoms with van der Waals surface area (Å²) in [5, 5.41) is 0. The Morgan fingerprint density at radius 2 is 1.12 bits per heavy atom. The summed E-state index contributed by atoms with van der Waals surface area (Å²) >= 11 is 0. The van der Waals surface area contributed by atoms with E-state index in [0.29, 0.717) is 11.8 Å². The van der Waals surface area contributed by atoms with Crippen molar-refractivity contribution in [3.63, 3.8) is 0 Å². The third-order valence-electron chi connectivity index (χ3n) is 8.97. The van der Waals surface area contributed by atoms with Crippen LogP contribution in [0.3, 0.4) is 0 Å². The van der Waals surface area contributed by atoms with Crippen LogP contribution in [0.1, 0.15) is 51.0 Å². The van der Waals surface area contributed by atoms with E-state index >= 15 is 0 Å². The maximum absolute atomic E-state index is 5.54. The molecule has 2 aliphatic heterocycles. The third kappa shape index (κ3) is 4.39. The van der Waals surface area contributed by atoms with Crippen LogP contribution in [-0.2, 0) is 0 Å². The molecule has 0 saturated heterocycles. The molecule has 0 amide bonds. The van der Waals surface area contributed by atoms with Crippen LogP contribution >= 0.6 is 0 Å². The van der Waals surface area contributed by atoms with E-state index in [2.05, 4.69) is 139 Å². The van der Waals surface area contributed by atoms with Crippen molar-refractivity contribution < 1.29 is 0 Å². The van der Waals surface area contributed by atoms with Crippen molar-refractivity contribution in [2.45, 2.75) is 51.6 Å². The molecule has 41 heavy (non-hydrogen) atoms. The fraction of sp³-hybridized carbons (Fsp3) is 0.243. The maximum atomic E-state index is 5.54. The predicted octanol–water partition coefficient (Wildman–Crippen LogP) is 9.74. The SMILES string of the molecule is CCC1CCC2N(c3ccccc3)c3nc(-c4ccccc4)c(-c4ccccc4)nc3N2c2ccccc2C1CC. The second-order valence-electron chi connectivity index (χ2n) is 11.2. The highest BCUT2D eigenvalue weighted by Gasteiger charge is 2.44. The summed E-state index contributed by atoms with van der Waals surface area (Å²) < 4.78 is 0. The van der Waals surface area contributed by atoms with Gasteiger partial charge in [-0.05, 0) is 54.9 Å². The van der Waals surface area contributed by atoms with E-state index in [0.717, 1.165) is 52.7 Å². The van der Waals surface area contributed by atoms with E-state index in [1.54, 1.807) is 0 Å². The first-order valence-corrected chi connectivity index (χ1v) is 15.0. The summed E-state index contributed by atoms with van der Waals surface area (Å²) in [6.07, 6.45) is 4.62. The normalized spacial score (nSPS) is 19.6. The molecule has 0 bridgehead atoms. The molecule has 5 aromatic rings. The Balaban J connectivity index is 1.53. The minimum atomic E-state index is 0.0926. The van der Waals surface area contributed by atoms with Crippen LogP contribution in [0.5, 0.6) is 0 Å². The van der Waals surface area contributed by atoms with Crippen LogP contribution < -0.4 is 9.80 Å². The van der Waals surface area contributed by atoms with E-state index in [1.165, 1.54) is 24.1 Å². The van der Waals surface area contributed by atoms with Gasteiger partial charge in [-0.15, -0.1) is 0 Å². The molecule has 3 heterocycles. The Morgan fingerprint density at radius 1 is 0.585 bits per heavy atom. The smallest absolute Gasteiger partial charge is 0.179 e. The zero-order valence-corrected chi connectivity index (χ0v) is 23.8. The van der Waals surface area contributed by atoms with Crippen LogP contribution in [0, 0.1) is 5.92 Å². The highest BCUT2D eigenvalue weighted by Crippen LogP contribution is 2.53. The van der Waals surface area contributed by atoms with Gasteiger partial charge in [-0.25, -0.2) is 9.97 Å². The Hall–Kier alpha value is -4.44. The molecule has 204 valence electrons. The predicted molar refractivity (Wildman–Crippen MR) is 170 cm³/mol. The van der Waals surface area contributed by atoms with Crippen LogP contribution in [0.4, 0.5) is 23.0 Å². The second-order valence-corrected chi connectivity index (χ2v) is 11.2. The Labute approximate surface area is 243 Å². The average molecular weight is 537 g/mol. The molecule has 3 unspecified atom stereocenters. The summed E-state index contributed by atoms with van der Waals surface area (Å²) in [5.41, 5.74) is 7.84. The highest BCUT2D eigenvalue weighted by molar-refractivity contribution is 5.90. The molecule has 0 aliphatic carbocycles.